The van der Waals surface area contributed by atoms with Crippen LogP contribution < -0.4 is 5.32 Å². The predicted molar refractivity (Wildman–Crippen MR) is 90.2 cm³/mol. The summed E-state index contributed by atoms with van der Waals surface area (Å²) in [5, 5.41) is 13.7. The summed E-state index contributed by atoms with van der Waals surface area (Å²) in [5.41, 5.74) is 3.10. The second kappa shape index (κ2) is 7.51. The van der Waals surface area contributed by atoms with E-state index in [0.29, 0.717) is 12.3 Å². The van der Waals surface area contributed by atoms with Crippen LogP contribution in [0.1, 0.15) is 11.1 Å². The fourth-order valence-corrected chi connectivity index (χ4v) is 2.04. The Bertz CT molecular complexity index is 654. The number of thiocarbonyl (C=S) groups is 1. The molecule has 0 saturated carbocycles. The number of aryl methyl sites for hydroxylation is 1. The van der Waals surface area contributed by atoms with E-state index in [2.05, 4.69) is 29.6 Å². The Morgan fingerprint density at radius 3 is 2.41 bits per heavy atom. The van der Waals surface area contributed by atoms with Crippen molar-refractivity contribution in [1.82, 2.24) is 0 Å². The molecule has 22 heavy (non-hydrogen) atoms. The summed E-state index contributed by atoms with van der Waals surface area (Å²) >= 11 is 5.09. The highest BCUT2D eigenvalue weighted by Gasteiger charge is 2.05. The molecule has 0 fully saturated rings. The molecule has 2 rings (SSSR count). The van der Waals surface area contributed by atoms with Crippen LogP contribution >= 0.6 is 12.2 Å². The number of non-ortho nitro benzene ring substituents is 1. The van der Waals surface area contributed by atoms with Crippen LogP contribution in [0.5, 0.6) is 0 Å². The van der Waals surface area contributed by atoms with E-state index in [4.69, 9.17) is 17.0 Å². The number of ether oxygens (including phenoxy) is 1. The number of hydrogen-bond donors (Lipinski definition) is 1. The molecule has 2 aromatic carbocycles. The molecule has 0 unspecified atom stereocenters. The monoisotopic (exact) mass is 316 g/mol. The van der Waals surface area contributed by atoms with Gasteiger partial charge in [-0.1, -0.05) is 29.8 Å². The van der Waals surface area contributed by atoms with Gasteiger partial charge in [-0.3, -0.25) is 10.1 Å². The topological polar surface area (TPSA) is 64.4 Å². The van der Waals surface area contributed by atoms with E-state index in [9.17, 15) is 10.1 Å². The third-order valence-electron chi connectivity index (χ3n) is 3.07. The molecule has 114 valence electrons. The van der Waals surface area contributed by atoms with Crippen molar-refractivity contribution >= 4 is 28.8 Å². The number of nitrogens with one attached hydrogen (secondary N) is 1. The van der Waals surface area contributed by atoms with Crippen molar-refractivity contribution in [2.75, 3.05) is 11.9 Å². The van der Waals surface area contributed by atoms with Crippen molar-refractivity contribution < 1.29 is 9.66 Å². The zero-order chi connectivity index (χ0) is 15.9. The van der Waals surface area contributed by atoms with Crippen LogP contribution in [0, 0.1) is 17.0 Å². The Labute approximate surface area is 134 Å². The lowest BCUT2D eigenvalue weighted by atomic mass is 10.1. The molecule has 0 aliphatic rings. The molecular weight excluding hydrogens is 300 g/mol. The van der Waals surface area contributed by atoms with Crippen molar-refractivity contribution in [3.8, 4) is 0 Å². The van der Waals surface area contributed by atoms with Crippen LogP contribution in [0.15, 0.2) is 48.5 Å². The van der Waals surface area contributed by atoms with Crippen LogP contribution in [0.3, 0.4) is 0 Å². The maximum Gasteiger partial charge on any atom is 0.269 e. The van der Waals surface area contributed by atoms with Crippen LogP contribution in [0.25, 0.3) is 0 Å². The summed E-state index contributed by atoms with van der Waals surface area (Å²) in [6.07, 6.45) is 0.766. The van der Waals surface area contributed by atoms with Gasteiger partial charge in [-0.2, -0.15) is 0 Å². The van der Waals surface area contributed by atoms with Gasteiger partial charge < -0.3 is 10.1 Å². The van der Waals surface area contributed by atoms with Crippen molar-refractivity contribution in [2.45, 2.75) is 13.3 Å². The summed E-state index contributed by atoms with van der Waals surface area (Å²) in [6.45, 7) is 2.52. The summed E-state index contributed by atoms with van der Waals surface area (Å²) < 4.78 is 5.44. The van der Waals surface area contributed by atoms with Crippen LogP contribution in [0.2, 0.25) is 0 Å². The van der Waals surface area contributed by atoms with Gasteiger partial charge in [0, 0.05) is 24.2 Å². The molecule has 0 bridgehead atoms. The lowest BCUT2D eigenvalue weighted by molar-refractivity contribution is -0.384. The van der Waals surface area contributed by atoms with Crippen molar-refractivity contribution in [1.29, 1.82) is 0 Å². The number of rotatable bonds is 5. The number of anilines is 1. The predicted octanol–water partition coefficient (Wildman–Crippen LogP) is 3.86. The SMILES string of the molecule is Cc1ccc(CCOC(=S)Nc2ccc([N+](=O)[O-])cc2)cc1. The smallest absolute Gasteiger partial charge is 0.269 e. The molecule has 0 aliphatic heterocycles. The third kappa shape index (κ3) is 4.82. The first kappa shape index (κ1) is 15.9. The average molecular weight is 316 g/mol. The highest BCUT2D eigenvalue weighted by atomic mass is 32.1. The van der Waals surface area contributed by atoms with Gasteiger partial charge in [-0.15, -0.1) is 0 Å². The van der Waals surface area contributed by atoms with Crippen molar-refractivity contribution in [3.05, 3.63) is 69.8 Å². The number of nitrogens with zero attached hydrogens (tertiary/aromatic N) is 1. The molecule has 0 aromatic heterocycles. The first-order valence-corrected chi connectivity index (χ1v) is 7.19. The van der Waals surface area contributed by atoms with E-state index in [1.54, 1.807) is 12.1 Å². The first-order chi connectivity index (χ1) is 10.5. The minimum Gasteiger partial charge on any atom is -0.470 e. The van der Waals surface area contributed by atoms with Crippen molar-refractivity contribution in [2.24, 2.45) is 0 Å². The zero-order valence-corrected chi connectivity index (χ0v) is 12.9. The Hall–Kier alpha value is -2.47. The highest BCUT2D eigenvalue weighted by Crippen LogP contribution is 2.15. The normalized spacial score (nSPS) is 10.0. The molecule has 6 heteroatoms. The average Bonchev–Trinajstić information content (AvgIpc) is 2.50. The third-order valence-corrected chi connectivity index (χ3v) is 3.29. The fraction of sp³-hybridized carbons (Fsp3) is 0.188. The van der Waals surface area contributed by atoms with Gasteiger partial charge in [0.05, 0.1) is 11.5 Å². The van der Waals surface area contributed by atoms with E-state index >= 15 is 0 Å². The van der Waals surface area contributed by atoms with E-state index in [1.807, 2.05) is 6.92 Å². The molecule has 0 heterocycles. The van der Waals surface area contributed by atoms with Gasteiger partial charge in [0.25, 0.3) is 10.9 Å². The largest absolute Gasteiger partial charge is 0.470 e. The Morgan fingerprint density at radius 1 is 1.18 bits per heavy atom. The number of nitro benzene ring substituents is 1. The summed E-state index contributed by atoms with van der Waals surface area (Å²) in [5.74, 6) is 0. The number of nitro groups is 1. The molecule has 0 radical (unpaired) electrons. The van der Waals surface area contributed by atoms with Crippen LogP contribution in [-0.4, -0.2) is 16.7 Å². The van der Waals surface area contributed by atoms with E-state index < -0.39 is 4.92 Å². The van der Waals surface area contributed by atoms with Crippen LogP contribution in [0.4, 0.5) is 11.4 Å². The molecule has 0 saturated heterocycles. The second-order valence-corrected chi connectivity index (χ2v) is 5.17. The number of benzene rings is 2. The highest BCUT2D eigenvalue weighted by molar-refractivity contribution is 7.80. The fourth-order valence-electron chi connectivity index (χ4n) is 1.84. The zero-order valence-electron chi connectivity index (χ0n) is 12.1. The molecule has 0 aliphatic carbocycles. The van der Waals surface area contributed by atoms with Gasteiger partial charge in [0.1, 0.15) is 0 Å². The van der Waals surface area contributed by atoms with Gasteiger partial charge in [0.15, 0.2) is 0 Å². The molecule has 2 aromatic rings. The molecule has 0 atom stereocenters. The van der Waals surface area contributed by atoms with Crippen LogP contribution in [-0.2, 0) is 11.2 Å². The molecule has 1 N–H and O–H groups in total. The Morgan fingerprint density at radius 2 is 1.82 bits per heavy atom. The number of hydrogen-bond acceptors (Lipinski definition) is 4. The maximum atomic E-state index is 10.6. The standard InChI is InChI=1S/C16H16N2O3S/c1-12-2-4-13(5-3-12)10-11-21-16(22)17-14-6-8-15(9-7-14)18(19)20/h2-9H,10-11H2,1H3,(H,17,22). The van der Waals surface area contributed by atoms with Crippen molar-refractivity contribution in [3.63, 3.8) is 0 Å². The Kier molecular flexibility index (Phi) is 5.43. The summed E-state index contributed by atoms with van der Waals surface area (Å²) in [4.78, 5) is 10.1. The first-order valence-electron chi connectivity index (χ1n) is 6.78. The van der Waals surface area contributed by atoms with E-state index in [0.717, 1.165) is 6.42 Å². The van der Waals surface area contributed by atoms with E-state index in [1.165, 1.54) is 23.3 Å². The van der Waals surface area contributed by atoms with Gasteiger partial charge in [0.2, 0.25) is 0 Å². The lowest BCUT2D eigenvalue weighted by Crippen LogP contribution is -2.15. The molecule has 5 nitrogen and oxygen atoms in total. The van der Waals surface area contributed by atoms with Gasteiger partial charge in [-0.05, 0) is 36.8 Å². The Balaban J connectivity index is 1.77. The molecular formula is C16H16N2O3S. The summed E-state index contributed by atoms with van der Waals surface area (Å²) in [7, 11) is 0. The second-order valence-electron chi connectivity index (χ2n) is 4.80. The maximum absolute atomic E-state index is 10.6. The minimum atomic E-state index is -0.444. The lowest BCUT2D eigenvalue weighted by Gasteiger charge is -2.09. The molecule has 0 amide bonds. The minimum absolute atomic E-state index is 0.0387. The van der Waals surface area contributed by atoms with Gasteiger partial charge >= 0.3 is 0 Å². The molecule has 0 spiro atoms. The quantitative estimate of drug-likeness (QED) is 0.515. The van der Waals surface area contributed by atoms with E-state index in [-0.39, 0.29) is 10.9 Å². The van der Waals surface area contributed by atoms with Gasteiger partial charge in [-0.25, -0.2) is 0 Å². The summed E-state index contributed by atoms with van der Waals surface area (Å²) in [6, 6.07) is 14.2.